The molecule has 0 aliphatic heterocycles. The minimum atomic E-state index is -0.240. The first-order valence-electron chi connectivity index (χ1n) is 3.74. The molecule has 1 aromatic heterocycles. The summed E-state index contributed by atoms with van der Waals surface area (Å²) in [5.74, 6) is -0.240. The van der Waals surface area contributed by atoms with E-state index in [1.807, 2.05) is 12.1 Å². The summed E-state index contributed by atoms with van der Waals surface area (Å²) in [6, 6.07) is 4.00. The standard InChI is InChI=1S/C8H10BrNO2S/c1-12-8(11)5-10-4-6-2-3-7(9)13-6/h2-3,10H,4-5H2,1H3. The summed E-state index contributed by atoms with van der Waals surface area (Å²) in [4.78, 5) is 11.9. The maximum absolute atomic E-state index is 10.7. The molecule has 0 radical (unpaired) electrons. The van der Waals surface area contributed by atoms with Gasteiger partial charge < -0.3 is 10.1 Å². The smallest absolute Gasteiger partial charge is 0.319 e. The molecule has 1 heterocycles. The summed E-state index contributed by atoms with van der Waals surface area (Å²) in [6.45, 7) is 0.956. The molecule has 0 fully saturated rings. The molecular formula is C8H10BrNO2S. The molecule has 1 rings (SSSR count). The number of nitrogens with one attached hydrogen (secondary N) is 1. The molecule has 0 aliphatic carbocycles. The van der Waals surface area contributed by atoms with Crippen LogP contribution in [0, 0.1) is 0 Å². The molecule has 0 saturated carbocycles. The molecule has 3 nitrogen and oxygen atoms in total. The van der Waals surface area contributed by atoms with Crippen molar-refractivity contribution in [1.82, 2.24) is 5.32 Å². The zero-order chi connectivity index (χ0) is 9.68. The van der Waals surface area contributed by atoms with Crippen molar-refractivity contribution in [2.75, 3.05) is 13.7 Å². The van der Waals surface area contributed by atoms with E-state index in [0.29, 0.717) is 6.54 Å². The first-order chi connectivity index (χ1) is 6.22. The van der Waals surface area contributed by atoms with Crippen LogP contribution in [0.3, 0.4) is 0 Å². The van der Waals surface area contributed by atoms with Crippen LogP contribution in [0.1, 0.15) is 4.88 Å². The minimum absolute atomic E-state index is 0.240. The van der Waals surface area contributed by atoms with E-state index in [0.717, 1.165) is 3.79 Å². The van der Waals surface area contributed by atoms with Crippen LogP contribution in [0.2, 0.25) is 0 Å². The number of esters is 1. The highest BCUT2D eigenvalue weighted by atomic mass is 79.9. The van der Waals surface area contributed by atoms with Gasteiger partial charge in [0.15, 0.2) is 0 Å². The number of thiophene rings is 1. The van der Waals surface area contributed by atoms with E-state index < -0.39 is 0 Å². The second-order valence-electron chi connectivity index (χ2n) is 2.39. The third-order valence-electron chi connectivity index (χ3n) is 1.43. The molecule has 0 aromatic carbocycles. The Morgan fingerprint density at radius 3 is 3.00 bits per heavy atom. The highest BCUT2D eigenvalue weighted by molar-refractivity contribution is 9.11. The number of hydrogen-bond acceptors (Lipinski definition) is 4. The lowest BCUT2D eigenvalue weighted by molar-refractivity contribution is -0.139. The van der Waals surface area contributed by atoms with Crippen LogP contribution in [-0.2, 0) is 16.1 Å². The van der Waals surface area contributed by atoms with Gasteiger partial charge in [-0.15, -0.1) is 11.3 Å². The number of ether oxygens (including phenoxy) is 1. The predicted octanol–water partition coefficient (Wildman–Crippen LogP) is 1.77. The van der Waals surface area contributed by atoms with Gasteiger partial charge in [-0.1, -0.05) is 0 Å². The van der Waals surface area contributed by atoms with Crippen molar-refractivity contribution in [1.29, 1.82) is 0 Å². The summed E-state index contributed by atoms with van der Waals surface area (Å²) in [5, 5.41) is 2.98. The number of methoxy groups -OCH3 is 1. The first-order valence-corrected chi connectivity index (χ1v) is 5.35. The quantitative estimate of drug-likeness (QED) is 0.842. The number of halogens is 1. The van der Waals surface area contributed by atoms with Crippen LogP contribution in [-0.4, -0.2) is 19.6 Å². The van der Waals surface area contributed by atoms with Gasteiger partial charge >= 0.3 is 5.97 Å². The van der Waals surface area contributed by atoms with Gasteiger partial charge in [0.2, 0.25) is 0 Å². The van der Waals surface area contributed by atoms with Gasteiger partial charge in [-0.05, 0) is 28.1 Å². The van der Waals surface area contributed by atoms with Crippen LogP contribution < -0.4 is 5.32 Å². The highest BCUT2D eigenvalue weighted by Crippen LogP contribution is 2.21. The Morgan fingerprint density at radius 2 is 2.46 bits per heavy atom. The van der Waals surface area contributed by atoms with Gasteiger partial charge in [0.05, 0.1) is 17.4 Å². The van der Waals surface area contributed by atoms with Crippen LogP contribution in [0.5, 0.6) is 0 Å². The van der Waals surface area contributed by atoms with Crippen LogP contribution >= 0.6 is 27.3 Å². The third-order valence-corrected chi connectivity index (χ3v) is 3.05. The van der Waals surface area contributed by atoms with Crippen LogP contribution in [0.4, 0.5) is 0 Å². The molecule has 5 heteroatoms. The van der Waals surface area contributed by atoms with Gasteiger partial charge in [0.25, 0.3) is 0 Å². The van der Waals surface area contributed by atoms with Gasteiger partial charge in [-0.2, -0.15) is 0 Å². The van der Waals surface area contributed by atoms with E-state index in [9.17, 15) is 4.79 Å². The van der Waals surface area contributed by atoms with Gasteiger partial charge in [0, 0.05) is 11.4 Å². The Morgan fingerprint density at radius 1 is 1.69 bits per heavy atom. The molecule has 72 valence electrons. The second-order valence-corrected chi connectivity index (χ2v) is 4.93. The molecule has 0 amide bonds. The topological polar surface area (TPSA) is 38.3 Å². The number of carbonyl (C=O) groups excluding carboxylic acids is 1. The van der Waals surface area contributed by atoms with Gasteiger partial charge in [-0.25, -0.2) is 0 Å². The van der Waals surface area contributed by atoms with Crippen molar-refractivity contribution in [2.45, 2.75) is 6.54 Å². The lowest BCUT2D eigenvalue weighted by Crippen LogP contribution is -2.22. The first kappa shape index (κ1) is 10.7. The van der Waals surface area contributed by atoms with Crippen molar-refractivity contribution < 1.29 is 9.53 Å². The average Bonchev–Trinajstić information content (AvgIpc) is 2.51. The Hall–Kier alpha value is -0.390. The minimum Gasteiger partial charge on any atom is -0.468 e. The third kappa shape index (κ3) is 3.89. The maximum atomic E-state index is 10.7. The fraction of sp³-hybridized carbons (Fsp3) is 0.375. The summed E-state index contributed by atoms with van der Waals surface area (Å²) in [5.41, 5.74) is 0. The van der Waals surface area contributed by atoms with Crippen molar-refractivity contribution in [3.63, 3.8) is 0 Å². The van der Waals surface area contributed by atoms with Crippen LogP contribution in [0.25, 0.3) is 0 Å². The Kier molecular flexibility index (Phi) is 4.41. The summed E-state index contributed by atoms with van der Waals surface area (Å²) in [6.07, 6.45) is 0. The lowest BCUT2D eigenvalue weighted by atomic mass is 10.4. The van der Waals surface area contributed by atoms with Crippen LogP contribution in [0.15, 0.2) is 15.9 Å². The fourth-order valence-corrected chi connectivity index (χ4v) is 2.26. The van der Waals surface area contributed by atoms with Gasteiger partial charge in [-0.3, -0.25) is 4.79 Å². The van der Waals surface area contributed by atoms with Crippen molar-refractivity contribution in [3.8, 4) is 0 Å². The molecule has 0 saturated heterocycles. The summed E-state index contributed by atoms with van der Waals surface area (Å²) >= 11 is 5.01. The van der Waals surface area contributed by atoms with Gasteiger partial charge in [0.1, 0.15) is 0 Å². The van der Waals surface area contributed by atoms with E-state index in [1.54, 1.807) is 11.3 Å². The summed E-state index contributed by atoms with van der Waals surface area (Å²) in [7, 11) is 1.38. The second kappa shape index (κ2) is 5.36. The summed E-state index contributed by atoms with van der Waals surface area (Å²) < 4.78 is 5.59. The Balaban J connectivity index is 2.24. The average molecular weight is 264 g/mol. The molecule has 13 heavy (non-hydrogen) atoms. The van der Waals surface area contributed by atoms with E-state index in [2.05, 4.69) is 26.0 Å². The van der Waals surface area contributed by atoms with Crippen molar-refractivity contribution in [2.24, 2.45) is 0 Å². The monoisotopic (exact) mass is 263 g/mol. The number of rotatable bonds is 4. The number of carbonyl (C=O) groups is 1. The number of hydrogen-bond donors (Lipinski definition) is 1. The normalized spacial score (nSPS) is 10.0. The molecular weight excluding hydrogens is 254 g/mol. The SMILES string of the molecule is COC(=O)CNCc1ccc(Br)s1. The molecule has 0 spiro atoms. The molecule has 0 bridgehead atoms. The Labute approximate surface area is 89.2 Å². The molecule has 0 unspecified atom stereocenters. The molecule has 1 N–H and O–H groups in total. The largest absolute Gasteiger partial charge is 0.468 e. The molecule has 0 atom stereocenters. The Bertz CT molecular complexity index is 287. The zero-order valence-electron chi connectivity index (χ0n) is 7.17. The lowest BCUT2D eigenvalue weighted by Gasteiger charge is -2.00. The zero-order valence-corrected chi connectivity index (χ0v) is 9.57. The molecule has 1 aromatic rings. The van der Waals surface area contributed by atoms with E-state index >= 15 is 0 Å². The van der Waals surface area contributed by atoms with E-state index in [-0.39, 0.29) is 12.5 Å². The molecule has 0 aliphatic rings. The highest BCUT2D eigenvalue weighted by Gasteiger charge is 2.00. The fourth-order valence-electron chi connectivity index (χ4n) is 0.807. The predicted molar refractivity (Wildman–Crippen MR) is 55.7 cm³/mol. The van der Waals surface area contributed by atoms with Crippen molar-refractivity contribution in [3.05, 3.63) is 20.8 Å². The maximum Gasteiger partial charge on any atom is 0.319 e. The van der Waals surface area contributed by atoms with Crippen molar-refractivity contribution >= 4 is 33.2 Å². The van der Waals surface area contributed by atoms with E-state index in [1.165, 1.54) is 12.0 Å². The van der Waals surface area contributed by atoms with E-state index in [4.69, 9.17) is 0 Å².